The fourth-order valence-corrected chi connectivity index (χ4v) is 1.60. The lowest BCUT2D eigenvalue weighted by molar-refractivity contribution is 0.448. The summed E-state index contributed by atoms with van der Waals surface area (Å²) in [6.45, 7) is 2.12. The third kappa shape index (κ3) is 4.32. The minimum absolute atomic E-state index is 0.188. The van der Waals surface area contributed by atoms with E-state index in [-0.39, 0.29) is 5.82 Å². The highest BCUT2D eigenvalue weighted by Gasteiger charge is 1.98. The van der Waals surface area contributed by atoms with Gasteiger partial charge in [0.2, 0.25) is 0 Å². The molecule has 0 saturated heterocycles. The third-order valence-electron chi connectivity index (χ3n) is 2.52. The van der Waals surface area contributed by atoms with E-state index in [1.807, 2.05) is 18.2 Å². The van der Waals surface area contributed by atoms with Gasteiger partial charge in [0.05, 0.1) is 0 Å². The summed E-state index contributed by atoms with van der Waals surface area (Å²) in [5.74, 6) is -0.188. The molecule has 2 nitrogen and oxygen atoms in total. The summed E-state index contributed by atoms with van der Waals surface area (Å²) in [6.07, 6.45) is 1.03. The molecule has 2 aromatic carbocycles. The quantitative estimate of drug-likeness (QED) is 0.798. The SMILES string of the molecule is CCc1ccc(-c2cccc(F)c2)cc1.OBO. The van der Waals surface area contributed by atoms with Gasteiger partial charge in [-0.1, -0.05) is 43.3 Å². The first-order valence-corrected chi connectivity index (χ1v) is 5.77. The van der Waals surface area contributed by atoms with Crippen LogP contribution in [0, 0.1) is 5.82 Å². The normalized spacial score (nSPS) is 9.33. The minimum Gasteiger partial charge on any atom is -0.430 e. The standard InChI is InChI=1S/C14H13F.BH3O2/c1-2-11-6-8-12(9-7-11)13-4-3-5-14(15)10-13;2-1-3/h3-10H,2H2,1H3;1-3H. The summed E-state index contributed by atoms with van der Waals surface area (Å²) in [5.41, 5.74) is 3.29. The third-order valence-corrected chi connectivity index (χ3v) is 2.52. The Morgan fingerprint density at radius 3 is 2.11 bits per heavy atom. The molecular weight excluding hydrogens is 230 g/mol. The fourth-order valence-electron chi connectivity index (χ4n) is 1.60. The molecule has 2 aromatic rings. The van der Waals surface area contributed by atoms with Gasteiger partial charge in [-0.2, -0.15) is 0 Å². The molecule has 2 rings (SSSR count). The first-order valence-electron chi connectivity index (χ1n) is 5.77. The van der Waals surface area contributed by atoms with Crippen LogP contribution in [0.4, 0.5) is 4.39 Å². The molecule has 0 saturated carbocycles. The molecule has 0 aliphatic carbocycles. The average molecular weight is 246 g/mol. The smallest absolute Gasteiger partial charge is 0.430 e. The van der Waals surface area contributed by atoms with Gasteiger partial charge in [0, 0.05) is 0 Å². The van der Waals surface area contributed by atoms with E-state index < -0.39 is 7.69 Å². The number of hydrogen-bond donors (Lipinski definition) is 2. The number of benzene rings is 2. The molecule has 0 heterocycles. The van der Waals surface area contributed by atoms with Crippen molar-refractivity contribution < 1.29 is 14.4 Å². The van der Waals surface area contributed by atoms with Crippen molar-refractivity contribution in [3.8, 4) is 11.1 Å². The summed E-state index contributed by atoms with van der Waals surface area (Å²) in [7, 11) is -0.750. The van der Waals surface area contributed by atoms with Gasteiger partial charge in [-0.3, -0.25) is 0 Å². The Kier molecular flexibility index (Phi) is 6.12. The number of rotatable bonds is 2. The summed E-state index contributed by atoms with van der Waals surface area (Å²) in [4.78, 5) is 0. The van der Waals surface area contributed by atoms with Crippen molar-refractivity contribution in [2.45, 2.75) is 13.3 Å². The molecule has 2 N–H and O–H groups in total. The van der Waals surface area contributed by atoms with Crippen molar-refractivity contribution in [2.75, 3.05) is 0 Å². The maximum Gasteiger partial charge on any atom is 0.432 e. The van der Waals surface area contributed by atoms with Crippen LogP contribution in [0.5, 0.6) is 0 Å². The summed E-state index contributed by atoms with van der Waals surface area (Å²) in [5, 5.41) is 14.2. The second-order valence-corrected chi connectivity index (χ2v) is 3.70. The van der Waals surface area contributed by atoms with Crippen LogP contribution in [0.2, 0.25) is 0 Å². The van der Waals surface area contributed by atoms with Gasteiger partial charge in [0.15, 0.2) is 0 Å². The van der Waals surface area contributed by atoms with Gasteiger partial charge in [-0.25, -0.2) is 4.39 Å². The predicted octanol–water partition coefficient (Wildman–Crippen LogP) is 2.29. The van der Waals surface area contributed by atoms with Gasteiger partial charge in [-0.15, -0.1) is 0 Å². The van der Waals surface area contributed by atoms with Gasteiger partial charge < -0.3 is 10.0 Å². The molecule has 4 heteroatoms. The second kappa shape index (κ2) is 7.64. The maximum absolute atomic E-state index is 13.0. The zero-order valence-electron chi connectivity index (χ0n) is 10.3. The van der Waals surface area contributed by atoms with E-state index in [4.69, 9.17) is 10.0 Å². The van der Waals surface area contributed by atoms with Gasteiger partial charge in [0.25, 0.3) is 0 Å². The van der Waals surface area contributed by atoms with Gasteiger partial charge >= 0.3 is 7.69 Å². The molecule has 0 aliphatic rings. The molecular formula is C14H16BFO2. The monoisotopic (exact) mass is 246 g/mol. The number of aryl methyl sites for hydroxylation is 1. The lowest BCUT2D eigenvalue weighted by Gasteiger charge is -2.02. The Hall–Kier alpha value is -1.65. The van der Waals surface area contributed by atoms with Crippen molar-refractivity contribution in [1.82, 2.24) is 0 Å². The van der Waals surface area contributed by atoms with E-state index in [1.54, 1.807) is 12.1 Å². The summed E-state index contributed by atoms with van der Waals surface area (Å²) >= 11 is 0. The van der Waals surface area contributed by atoms with E-state index in [9.17, 15) is 4.39 Å². The van der Waals surface area contributed by atoms with E-state index in [1.165, 1.54) is 11.6 Å². The Labute approximate surface area is 107 Å². The first kappa shape index (κ1) is 14.4. The molecule has 0 spiro atoms. The van der Waals surface area contributed by atoms with E-state index in [0.717, 1.165) is 17.5 Å². The molecule has 18 heavy (non-hydrogen) atoms. The molecule has 0 radical (unpaired) electrons. The zero-order valence-corrected chi connectivity index (χ0v) is 10.3. The van der Waals surface area contributed by atoms with E-state index in [0.29, 0.717) is 0 Å². The van der Waals surface area contributed by atoms with Gasteiger partial charge in [-0.05, 0) is 35.2 Å². The van der Waals surface area contributed by atoms with Crippen molar-refractivity contribution >= 4 is 7.69 Å². The van der Waals surface area contributed by atoms with Crippen molar-refractivity contribution in [1.29, 1.82) is 0 Å². The lowest BCUT2D eigenvalue weighted by Crippen LogP contribution is -1.82. The van der Waals surface area contributed by atoms with Crippen LogP contribution < -0.4 is 0 Å². The highest BCUT2D eigenvalue weighted by molar-refractivity contribution is 6.13. The molecule has 0 atom stereocenters. The summed E-state index contributed by atoms with van der Waals surface area (Å²) < 4.78 is 13.0. The molecule has 0 amide bonds. The maximum atomic E-state index is 13.0. The minimum atomic E-state index is -0.750. The topological polar surface area (TPSA) is 40.5 Å². The van der Waals surface area contributed by atoms with E-state index >= 15 is 0 Å². The molecule has 94 valence electrons. The molecule has 0 unspecified atom stereocenters. The largest absolute Gasteiger partial charge is 0.432 e. The van der Waals surface area contributed by atoms with Crippen LogP contribution in [-0.2, 0) is 6.42 Å². The molecule has 0 aliphatic heterocycles. The summed E-state index contributed by atoms with van der Waals surface area (Å²) in [6, 6.07) is 14.9. The first-order chi connectivity index (χ1) is 8.71. The van der Waals surface area contributed by atoms with Crippen LogP contribution in [0.15, 0.2) is 48.5 Å². The van der Waals surface area contributed by atoms with Crippen LogP contribution in [0.3, 0.4) is 0 Å². The van der Waals surface area contributed by atoms with Crippen LogP contribution in [-0.4, -0.2) is 17.7 Å². The molecule has 0 fully saturated rings. The number of halogens is 1. The van der Waals surface area contributed by atoms with Crippen molar-refractivity contribution in [2.24, 2.45) is 0 Å². The predicted molar refractivity (Wildman–Crippen MR) is 72.8 cm³/mol. The zero-order chi connectivity index (χ0) is 13.4. The second-order valence-electron chi connectivity index (χ2n) is 3.70. The van der Waals surface area contributed by atoms with Crippen LogP contribution in [0.25, 0.3) is 11.1 Å². The highest BCUT2D eigenvalue weighted by Crippen LogP contribution is 2.20. The molecule has 0 bridgehead atoms. The molecule has 0 aromatic heterocycles. The highest BCUT2D eigenvalue weighted by atomic mass is 19.1. The van der Waals surface area contributed by atoms with Crippen LogP contribution in [0.1, 0.15) is 12.5 Å². The van der Waals surface area contributed by atoms with Gasteiger partial charge in [0.1, 0.15) is 5.82 Å². The fraction of sp³-hybridized carbons (Fsp3) is 0.143. The van der Waals surface area contributed by atoms with E-state index in [2.05, 4.69) is 19.1 Å². The van der Waals surface area contributed by atoms with Crippen LogP contribution >= 0.6 is 0 Å². The van der Waals surface area contributed by atoms with Crippen molar-refractivity contribution in [3.63, 3.8) is 0 Å². The Morgan fingerprint density at radius 2 is 1.61 bits per heavy atom. The number of hydrogen-bond acceptors (Lipinski definition) is 2. The lowest BCUT2D eigenvalue weighted by atomic mass is 10.0. The Bertz CT molecular complexity index is 471. The average Bonchev–Trinajstić information content (AvgIpc) is 2.40. The Balaban J connectivity index is 0.000000492. The van der Waals surface area contributed by atoms with Crippen molar-refractivity contribution in [3.05, 3.63) is 59.9 Å². The Morgan fingerprint density at radius 1 is 1.00 bits per heavy atom.